The molecule has 7 nitrogen and oxygen atoms in total. The number of rotatable bonds is 6. The Hall–Kier alpha value is -2.54. The van der Waals surface area contributed by atoms with E-state index in [-0.39, 0.29) is 49.0 Å². The molecule has 34 heavy (non-hydrogen) atoms. The molecule has 184 valence electrons. The maximum absolute atomic E-state index is 13.7. The first-order chi connectivity index (χ1) is 16.0. The monoisotopic (exact) mass is 502 g/mol. The molecule has 2 N–H and O–H groups in total. The predicted octanol–water partition coefficient (Wildman–Crippen LogP) is 2.99. The molecule has 1 saturated carbocycles. The highest BCUT2D eigenvalue weighted by Gasteiger charge is 2.48. The van der Waals surface area contributed by atoms with E-state index >= 15 is 0 Å². The summed E-state index contributed by atoms with van der Waals surface area (Å²) in [5.74, 6) is -5.78. The van der Waals surface area contributed by atoms with E-state index < -0.39 is 50.6 Å². The second-order valence-electron chi connectivity index (χ2n) is 8.43. The number of hydrogen-bond acceptors (Lipinski definition) is 5. The minimum absolute atomic E-state index is 0.0209. The molecule has 2 aromatic rings. The number of ether oxygens (including phenoxy) is 1. The average molecular weight is 502 g/mol. The first-order valence-electron chi connectivity index (χ1n) is 10.5. The Balaban J connectivity index is 1.64. The number of amides is 1. The quantitative estimate of drug-likeness (QED) is 0.468. The number of hydrogen-bond donors (Lipinski definition) is 2. The lowest BCUT2D eigenvalue weighted by Crippen LogP contribution is -2.48. The van der Waals surface area contributed by atoms with Crippen molar-refractivity contribution in [3.05, 3.63) is 58.9 Å². The lowest BCUT2D eigenvalue weighted by molar-refractivity contribution is -0.0477. The van der Waals surface area contributed by atoms with Gasteiger partial charge in [-0.2, -0.15) is 4.31 Å². The van der Waals surface area contributed by atoms with Crippen LogP contribution in [0.4, 0.5) is 23.2 Å². The summed E-state index contributed by atoms with van der Waals surface area (Å²) < 4.78 is 87.0. The van der Waals surface area contributed by atoms with Crippen molar-refractivity contribution in [1.29, 1.82) is 0 Å². The van der Waals surface area contributed by atoms with E-state index in [0.717, 1.165) is 35.3 Å². The van der Waals surface area contributed by atoms with Gasteiger partial charge in [0.2, 0.25) is 10.0 Å². The molecule has 0 radical (unpaired) electrons. The normalized spacial score (nSPS) is 21.8. The summed E-state index contributed by atoms with van der Waals surface area (Å²) in [7, 11) is -4.35. The molecule has 1 unspecified atom stereocenters. The molecule has 2 aliphatic rings. The number of nitrogens with zero attached hydrogens (tertiary/aromatic N) is 1. The van der Waals surface area contributed by atoms with E-state index in [9.17, 15) is 35.9 Å². The molecule has 1 aliphatic heterocycles. The molecule has 0 bridgehead atoms. The smallest absolute Gasteiger partial charge is 0.255 e. The number of anilines is 1. The number of sulfonamides is 1. The summed E-state index contributed by atoms with van der Waals surface area (Å²) >= 11 is 0. The largest absolute Gasteiger partial charge is 0.386 e. The Morgan fingerprint density at radius 1 is 1.18 bits per heavy atom. The zero-order chi connectivity index (χ0) is 24.7. The van der Waals surface area contributed by atoms with E-state index in [1.54, 1.807) is 0 Å². The predicted molar refractivity (Wildman–Crippen MR) is 113 cm³/mol. The van der Waals surface area contributed by atoms with Gasteiger partial charge < -0.3 is 15.2 Å². The summed E-state index contributed by atoms with van der Waals surface area (Å²) in [6, 6.07) is 4.37. The fourth-order valence-corrected chi connectivity index (χ4v) is 5.65. The van der Waals surface area contributed by atoms with Crippen molar-refractivity contribution in [1.82, 2.24) is 4.31 Å². The zero-order valence-corrected chi connectivity index (χ0v) is 18.7. The fraction of sp³-hybridized carbons (Fsp3) is 0.409. The van der Waals surface area contributed by atoms with Crippen molar-refractivity contribution in [2.24, 2.45) is 5.92 Å². The maximum Gasteiger partial charge on any atom is 0.255 e. The summed E-state index contributed by atoms with van der Waals surface area (Å²) in [4.78, 5) is 12.1. The highest BCUT2D eigenvalue weighted by atomic mass is 32.2. The van der Waals surface area contributed by atoms with Gasteiger partial charge in [0.25, 0.3) is 5.91 Å². The number of benzene rings is 2. The van der Waals surface area contributed by atoms with Gasteiger partial charge in [-0.1, -0.05) is 6.07 Å². The molecule has 1 amide bonds. The van der Waals surface area contributed by atoms with E-state index in [0.29, 0.717) is 12.1 Å². The molecule has 0 spiro atoms. The maximum atomic E-state index is 13.7. The SMILES string of the molecule is O=C(Nc1cc(F)c(F)c(F)c1)c1ccc(CF)c(S(=O)(=O)N2CCOCC(O)(C3CC3)C2)c1. The van der Waals surface area contributed by atoms with Crippen LogP contribution < -0.4 is 5.32 Å². The molecule has 1 saturated heterocycles. The van der Waals surface area contributed by atoms with Crippen molar-refractivity contribution >= 4 is 21.6 Å². The number of carbonyl (C=O) groups is 1. The third-order valence-corrected chi connectivity index (χ3v) is 7.88. The zero-order valence-electron chi connectivity index (χ0n) is 17.9. The van der Waals surface area contributed by atoms with Crippen LogP contribution in [0.15, 0.2) is 35.2 Å². The van der Waals surface area contributed by atoms with E-state index in [1.165, 1.54) is 0 Å². The summed E-state index contributed by atoms with van der Waals surface area (Å²) in [6.45, 7) is -1.44. The van der Waals surface area contributed by atoms with Crippen LogP contribution in [0.25, 0.3) is 0 Å². The van der Waals surface area contributed by atoms with Crippen molar-refractivity contribution in [3.63, 3.8) is 0 Å². The van der Waals surface area contributed by atoms with Crippen molar-refractivity contribution in [2.45, 2.75) is 30.0 Å². The van der Waals surface area contributed by atoms with E-state index in [1.807, 2.05) is 0 Å². The Morgan fingerprint density at radius 3 is 2.47 bits per heavy atom. The van der Waals surface area contributed by atoms with E-state index in [4.69, 9.17) is 4.74 Å². The Bertz CT molecular complexity index is 1200. The number of β-amino-alcohol motifs (C(OH)–C–C–N with tert-alkyl or cyclic N) is 1. The van der Waals surface area contributed by atoms with Crippen LogP contribution in [0.2, 0.25) is 0 Å². The van der Waals surface area contributed by atoms with Crippen LogP contribution >= 0.6 is 0 Å². The van der Waals surface area contributed by atoms with Crippen molar-refractivity contribution < 1.29 is 40.6 Å². The topological polar surface area (TPSA) is 95.9 Å². The van der Waals surface area contributed by atoms with Gasteiger partial charge in [0.15, 0.2) is 17.5 Å². The highest BCUT2D eigenvalue weighted by Crippen LogP contribution is 2.41. The minimum Gasteiger partial charge on any atom is -0.386 e. The number of carbonyl (C=O) groups excluding carboxylic acids is 1. The second-order valence-corrected chi connectivity index (χ2v) is 10.3. The Kier molecular flexibility index (Phi) is 6.69. The molecular weight excluding hydrogens is 480 g/mol. The molecule has 1 atom stereocenters. The first-order valence-corrected chi connectivity index (χ1v) is 11.9. The number of alkyl halides is 1. The average Bonchev–Trinajstić information content (AvgIpc) is 3.65. The van der Waals surface area contributed by atoms with Crippen LogP contribution in [0.1, 0.15) is 28.8 Å². The van der Waals surface area contributed by atoms with Gasteiger partial charge >= 0.3 is 0 Å². The van der Waals surface area contributed by atoms with Gasteiger partial charge in [0.1, 0.15) is 12.3 Å². The van der Waals surface area contributed by atoms with Crippen LogP contribution in [0, 0.1) is 23.4 Å². The fourth-order valence-electron chi connectivity index (χ4n) is 3.93. The summed E-state index contributed by atoms with van der Waals surface area (Å²) in [5.41, 5.74) is -2.19. The molecule has 1 aliphatic carbocycles. The van der Waals surface area contributed by atoms with E-state index in [2.05, 4.69) is 5.32 Å². The van der Waals surface area contributed by atoms with Gasteiger partial charge in [-0.15, -0.1) is 0 Å². The van der Waals surface area contributed by atoms with Crippen molar-refractivity contribution in [3.8, 4) is 0 Å². The third kappa shape index (κ3) is 4.81. The van der Waals surface area contributed by atoms with Crippen LogP contribution in [-0.2, 0) is 21.4 Å². The molecule has 12 heteroatoms. The van der Waals surface area contributed by atoms with Gasteiger partial charge in [0.05, 0.1) is 18.1 Å². The molecule has 0 aromatic heterocycles. The summed E-state index contributed by atoms with van der Waals surface area (Å²) in [6.07, 6.45) is 1.48. The third-order valence-electron chi connectivity index (χ3n) is 5.96. The molecule has 2 fully saturated rings. The minimum atomic E-state index is -4.35. The number of halogens is 4. The standard InChI is InChI=1S/C22H22F4N2O5S/c23-10-14-2-1-13(21(29)27-16-8-17(24)20(26)18(25)9-16)7-19(14)34(31,32)28-5-6-33-12-22(30,11-28)15-3-4-15/h1-2,7-9,15,30H,3-6,10-12H2,(H,27,29). The van der Waals surface area contributed by atoms with Gasteiger partial charge in [-0.05, 0) is 30.9 Å². The van der Waals surface area contributed by atoms with Gasteiger partial charge in [-0.3, -0.25) is 4.79 Å². The highest BCUT2D eigenvalue weighted by molar-refractivity contribution is 7.89. The van der Waals surface area contributed by atoms with Crippen molar-refractivity contribution in [2.75, 3.05) is 31.6 Å². The van der Waals surface area contributed by atoms with Crippen LogP contribution in [-0.4, -0.2) is 55.6 Å². The Morgan fingerprint density at radius 2 is 1.85 bits per heavy atom. The van der Waals surface area contributed by atoms with Crippen LogP contribution in [0.3, 0.4) is 0 Å². The molecule has 4 rings (SSSR count). The van der Waals surface area contributed by atoms with Gasteiger partial charge in [-0.25, -0.2) is 26.0 Å². The molecule has 1 heterocycles. The molecular formula is C22H22F4N2O5S. The lowest BCUT2D eigenvalue weighted by atomic mass is 9.99. The number of nitrogens with one attached hydrogen (secondary N) is 1. The Labute approximate surface area is 193 Å². The molecule has 2 aromatic carbocycles. The summed E-state index contributed by atoms with van der Waals surface area (Å²) in [5, 5.41) is 13.1. The van der Waals surface area contributed by atoms with Crippen LogP contribution in [0.5, 0.6) is 0 Å². The lowest BCUT2D eigenvalue weighted by Gasteiger charge is -2.30. The second kappa shape index (κ2) is 9.25. The first kappa shape index (κ1) is 24.6. The van der Waals surface area contributed by atoms with Gasteiger partial charge in [0, 0.05) is 42.0 Å². The number of aliphatic hydroxyl groups is 1.